The number of methoxy groups -OCH3 is 1. The first-order chi connectivity index (χ1) is 10.4. The number of hydrogen-bond donors (Lipinski definition) is 0. The zero-order chi connectivity index (χ0) is 15.9. The Morgan fingerprint density at radius 2 is 1.95 bits per heavy atom. The van der Waals surface area contributed by atoms with Crippen LogP contribution in [0.1, 0.15) is 41.4 Å². The van der Waals surface area contributed by atoms with Crippen molar-refractivity contribution >= 4 is 11.6 Å². The molecule has 0 aromatic carbocycles. The first kappa shape index (κ1) is 15.2. The number of aromatic nitrogens is 3. The summed E-state index contributed by atoms with van der Waals surface area (Å²) in [6.45, 7) is 6.43. The molecular weight excluding hydrogens is 298 g/mol. The van der Waals surface area contributed by atoms with E-state index < -0.39 is 0 Å². The molecule has 0 N–H and O–H groups in total. The summed E-state index contributed by atoms with van der Waals surface area (Å²) in [7, 11) is 1.61. The second kappa shape index (κ2) is 5.51. The van der Waals surface area contributed by atoms with E-state index in [9.17, 15) is 0 Å². The zero-order valence-electron chi connectivity index (χ0n) is 13.4. The minimum absolute atomic E-state index is 0.0311. The summed E-state index contributed by atoms with van der Waals surface area (Å²) in [4.78, 5) is 4.49. The molecule has 5 heteroatoms. The topological polar surface area (TPSA) is 47.9 Å². The van der Waals surface area contributed by atoms with Crippen LogP contribution >= 0.6 is 11.6 Å². The van der Waals surface area contributed by atoms with Gasteiger partial charge in [0.25, 0.3) is 0 Å². The smallest absolute Gasteiger partial charge is 0.233 e. The third kappa shape index (κ3) is 2.56. The summed E-state index contributed by atoms with van der Waals surface area (Å²) in [5.41, 5.74) is 5.78. The summed E-state index contributed by atoms with van der Waals surface area (Å²) < 4.78 is 5.16. The van der Waals surface area contributed by atoms with Gasteiger partial charge in [0, 0.05) is 17.2 Å². The van der Waals surface area contributed by atoms with E-state index in [4.69, 9.17) is 16.3 Å². The van der Waals surface area contributed by atoms with Gasteiger partial charge in [-0.2, -0.15) is 5.10 Å². The third-order valence-corrected chi connectivity index (χ3v) is 4.82. The van der Waals surface area contributed by atoms with E-state index in [0.29, 0.717) is 11.0 Å². The molecule has 2 aromatic rings. The minimum Gasteiger partial charge on any atom is -0.480 e. The Morgan fingerprint density at radius 1 is 1.18 bits per heavy atom. The van der Waals surface area contributed by atoms with Crippen LogP contribution in [-0.2, 0) is 18.3 Å². The van der Waals surface area contributed by atoms with Gasteiger partial charge in [-0.05, 0) is 55.9 Å². The van der Waals surface area contributed by atoms with Crippen molar-refractivity contribution in [1.82, 2.24) is 15.2 Å². The van der Waals surface area contributed by atoms with E-state index in [-0.39, 0.29) is 5.41 Å². The highest BCUT2D eigenvalue weighted by atomic mass is 35.5. The number of ether oxygens (including phenoxy) is 1. The largest absolute Gasteiger partial charge is 0.480 e. The molecule has 0 fully saturated rings. The molecule has 0 saturated heterocycles. The number of rotatable bonds is 2. The van der Waals surface area contributed by atoms with E-state index >= 15 is 0 Å². The molecule has 2 heterocycles. The van der Waals surface area contributed by atoms with Crippen molar-refractivity contribution in [2.75, 3.05) is 7.11 Å². The predicted octanol–water partition coefficient (Wildman–Crippen LogP) is 3.60. The van der Waals surface area contributed by atoms with Gasteiger partial charge in [0.1, 0.15) is 5.15 Å². The van der Waals surface area contributed by atoms with Gasteiger partial charge in [-0.25, -0.2) is 4.98 Å². The number of nitrogens with zero attached hydrogens (tertiary/aromatic N) is 3. The van der Waals surface area contributed by atoms with Gasteiger partial charge < -0.3 is 4.74 Å². The van der Waals surface area contributed by atoms with Crippen molar-refractivity contribution < 1.29 is 4.74 Å². The second-order valence-corrected chi connectivity index (χ2v) is 6.73. The minimum atomic E-state index is -0.0311. The lowest BCUT2D eigenvalue weighted by Gasteiger charge is -2.35. The number of halogens is 1. The van der Waals surface area contributed by atoms with Crippen molar-refractivity contribution in [1.29, 1.82) is 0 Å². The maximum absolute atomic E-state index is 6.08. The molecule has 0 saturated carbocycles. The predicted molar refractivity (Wildman–Crippen MR) is 86.7 cm³/mol. The Bertz CT molecular complexity index is 732. The standard InChI is InChI=1S/C17H20ClN3O/c1-10-7-14(18)19-13-5-6-17(3,9-12(10)13)16-11(2)8-15(22-4)20-21-16/h7-8H,5-6,9H2,1-4H3. The molecule has 0 bridgehead atoms. The molecule has 0 spiro atoms. The third-order valence-electron chi connectivity index (χ3n) is 4.63. The molecule has 22 heavy (non-hydrogen) atoms. The second-order valence-electron chi connectivity index (χ2n) is 6.34. The van der Waals surface area contributed by atoms with Gasteiger partial charge in [-0.15, -0.1) is 5.10 Å². The van der Waals surface area contributed by atoms with E-state index in [0.717, 1.165) is 36.2 Å². The van der Waals surface area contributed by atoms with Crippen LogP contribution in [-0.4, -0.2) is 22.3 Å². The van der Waals surface area contributed by atoms with E-state index in [1.54, 1.807) is 7.11 Å². The van der Waals surface area contributed by atoms with Crippen molar-refractivity contribution in [3.63, 3.8) is 0 Å². The van der Waals surface area contributed by atoms with Crippen molar-refractivity contribution in [3.8, 4) is 5.88 Å². The maximum atomic E-state index is 6.08. The lowest BCUT2D eigenvalue weighted by atomic mass is 9.70. The molecule has 4 nitrogen and oxygen atoms in total. The number of fused-ring (bicyclic) bond motifs is 1. The van der Waals surface area contributed by atoms with Crippen LogP contribution in [0.25, 0.3) is 0 Å². The Hall–Kier alpha value is -1.68. The lowest BCUT2D eigenvalue weighted by Crippen LogP contribution is -2.33. The van der Waals surface area contributed by atoms with Crippen molar-refractivity contribution in [2.24, 2.45) is 0 Å². The number of pyridine rings is 1. The Morgan fingerprint density at radius 3 is 2.64 bits per heavy atom. The number of hydrogen-bond acceptors (Lipinski definition) is 4. The fraction of sp³-hybridized carbons (Fsp3) is 0.471. The lowest BCUT2D eigenvalue weighted by molar-refractivity contribution is 0.368. The fourth-order valence-corrected chi connectivity index (χ4v) is 3.67. The monoisotopic (exact) mass is 317 g/mol. The fourth-order valence-electron chi connectivity index (χ4n) is 3.40. The molecule has 3 rings (SSSR count). The summed E-state index contributed by atoms with van der Waals surface area (Å²) in [6.07, 6.45) is 2.83. The summed E-state index contributed by atoms with van der Waals surface area (Å²) >= 11 is 6.08. The van der Waals surface area contributed by atoms with Gasteiger partial charge in [-0.3, -0.25) is 0 Å². The first-order valence-electron chi connectivity index (χ1n) is 7.46. The summed E-state index contributed by atoms with van der Waals surface area (Å²) in [6, 6.07) is 3.90. The van der Waals surface area contributed by atoms with Crippen LogP contribution in [0, 0.1) is 13.8 Å². The Labute approximate surface area is 135 Å². The summed E-state index contributed by atoms with van der Waals surface area (Å²) in [5, 5.41) is 9.19. The average Bonchev–Trinajstić information content (AvgIpc) is 2.48. The average molecular weight is 318 g/mol. The quantitative estimate of drug-likeness (QED) is 0.794. The van der Waals surface area contributed by atoms with Crippen LogP contribution in [0.5, 0.6) is 5.88 Å². The molecule has 0 amide bonds. The molecule has 116 valence electrons. The maximum Gasteiger partial charge on any atom is 0.233 e. The van der Waals surface area contributed by atoms with E-state index in [1.807, 2.05) is 12.1 Å². The highest BCUT2D eigenvalue weighted by Crippen LogP contribution is 2.39. The van der Waals surface area contributed by atoms with Crippen molar-refractivity contribution in [3.05, 3.63) is 45.4 Å². The van der Waals surface area contributed by atoms with Gasteiger partial charge in [0.2, 0.25) is 5.88 Å². The molecule has 1 atom stereocenters. The molecule has 0 aliphatic heterocycles. The van der Waals surface area contributed by atoms with Gasteiger partial charge in [0.15, 0.2) is 0 Å². The highest BCUT2D eigenvalue weighted by molar-refractivity contribution is 6.29. The Kier molecular flexibility index (Phi) is 3.81. The van der Waals surface area contributed by atoms with Crippen molar-refractivity contribution in [2.45, 2.75) is 45.4 Å². The van der Waals surface area contributed by atoms with Crippen LogP contribution in [0.3, 0.4) is 0 Å². The molecule has 1 unspecified atom stereocenters. The van der Waals surface area contributed by atoms with Gasteiger partial charge in [-0.1, -0.05) is 18.5 Å². The number of aryl methyl sites for hydroxylation is 3. The molecular formula is C17H20ClN3O. The van der Waals surface area contributed by atoms with E-state index in [2.05, 4.69) is 36.0 Å². The Balaban J connectivity index is 2.02. The SMILES string of the molecule is COc1cc(C)c(C2(C)CCc3nc(Cl)cc(C)c3C2)nn1. The van der Waals surface area contributed by atoms with Crippen LogP contribution in [0.2, 0.25) is 5.15 Å². The molecule has 0 radical (unpaired) electrons. The van der Waals surface area contributed by atoms with Crippen LogP contribution < -0.4 is 4.74 Å². The highest BCUT2D eigenvalue weighted by Gasteiger charge is 2.36. The van der Waals surface area contributed by atoms with Gasteiger partial charge >= 0.3 is 0 Å². The zero-order valence-corrected chi connectivity index (χ0v) is 14.2. The molecule has 1 aliphatic carbocycles. The van der Waals surface area contributed by atoms with Crippen LogP contribution in [0.4, 0.5) is 0 Å². The normalized spacial score (nSPS) is 20.6. The van der Waals surface area contributed by atoms with Crippen LogP contribution in [0.15, 0.2) is 12.1 Å². The van der Waals surface area contributed by atoms with E-state index in [1.165, 1.54) is 11.1 Å². The molecule has 2 aromatic heterocycles. The molecule has 1 aliphatic rings. The van der Waals surface area contributed by atoms with Gasteiger partial charge in [0.05, 0.1) is 12.8 Å². The first-order valence-corrected chi connectivity index (χ1v) is 7.84. The summed E-state index contributed by atoms with van der Waals surface area (Å²) in [5.74, 6) is 0.561.